The van der Waals surface area contributed by atoms with Crippen molar-refractivity contribution in [3.05, 3.63) is 48.0 Å². The number of aryl methyl sites for hydroxylation is 1. The Hall–Kier alpha value is -2.73. The second-order valence-corrected chi connectivity index (χ2v) is 6.35. The number of hydrogen-bond donors (Lipinski definition) is 1. The van der Waals surface area contributed by atoms with E-state index in [0.717, 1.165) is 30.0 Å². The van der Waals surface area contributed by atoms with E-state index in [4.69, 9.17) is 14.2 Å². The molecule has 2 aromatic rings. The van der Waals surface area contributed by atoms with E-state index < -0.39 is 0 Å². The molecule has 27 heavy (non-hydrogen) atoms. The first kappa shape index (κ1) is 19.0. The Bertz CT molecular complexity index is 773. The van der Waals surface area contributed by atoms with E-state index in [1.54, 1.807) is 14.2 Å². The summed E-state index contributed by atoms with van der Waals surface area (Å²) in [7, 11) is 3.22. The summed E-state index contributed by atoms with van der Waals surface area (Å²) in [6.45, 7) is 3.08. The highest BCUT2D eigenvalue weighted by Gasteiger charge is 2.16. The van der Waals surface area contributed by atoms with E-state index in [1.165, 1.54) is 0 Å². The third-order valence-electron chi connectivity index (χ3n) is 4.62. The first-order chi connectivity index (χ1) is 13.2. The molecule has 3 rings (SSSR count). The van der Waals surface area contributed by atoms with Crippen LogP contribution in [0.3, 0.4) is 0 Å². The Kier molecular flexibility index (Phi) is 6.54. The molecule has 1 aliphatic rings. The van der Waals surface area contributed by atoms with Gasteiger partial charge in [-0.2, -0.15) is 0 Å². The van der Waals surface area contributed by atoms with Gasteiger partial charge in [0, 0.05) is 19.5 Å². The number of anilines is 2. The molecule has 1 heterocycles. The van der Waals surface area contributed by atoms with Gasteiger partial charge < -0.3 is 24.4 Å². The smallest absolute Gasteiger partial charge is 0.224 e. The zero-order chi connectivity index (χ0) is 19.1. The topological polar surface area (TPSA) is 60.0 Å². The van der Waals surface area contributed by atoms with Gasteiger partial charge in [-0.25, -0.2) is 0 Å². The van der Waals surface area contributed by atoms with E-state index in [2.05, 4.69) is 10.2 Å². The lowest BCUT2D eigenvalue weighted by atomic mass is 10.1. The van der Waals surface area contributed by atoms with Crippen LogP contribution >= 0.6 is 0 Å². The molecule has 0 unspecified atom stereocenters. The summed E-state index contributed by atoms with van der Waals surface area (Å²) >= 11 is 0. The fourth-order valence-electron chi connectivity index (χ4n) is 3.17. The van der Waals surface area contributed by atoms with Crippen molar-refractivity contribution in [2.24, 2.45) is 0 Å². The predicted octanol–water partition coefficient (Wildman–Crippen LogP) is 3.11. The molecule has 6 nitrogen and oxygen atoms in total. The van der Waals surface area contributed by atoms with Gasteiger partial charge in [-0.15, -0.1) is 0 Å². The van der Waals surface area contributed by atoms with E-state index in [9.17, 15) is 4.79 Å². The molecule has 1 aliphatic heterocycles. The van der Waals surface area contributed by atoms with Gasteiger partial charge in [0.15, 0.2) is 11.5 Å². The van der Waals surface area contributed by atoms with Crippen LogP contribution in [0, 0.1) is 0 Å². The summed E-state index contributed by atoms with van der Waals surface area (Å²) in [6.07, 6.45) is 1.03. The molecule has 0 bridgehead atoms. The van der Waals surface area contributed by atoms with Crippen LogP contribution < -0.4 is 19.7 Å². The largest absolute Gasteiger partial charge is 0.493 e. The molecular weight excluding hydrogens is 344 g/mol. The number of carbonyl (C=O) groups is 1. The Labute approximate surface area is 160 Å². The maximum Gasteiger partial charge on any atom is 0.224 e. The van der Waals surface area contributed by atoms with Crippen molar-refractivity contribution in [3.63, 3.8) is 0 Å². The van der Waals surface area contributed by atoms with Crippen LogP contribution in [-0.4, -0.2) is 46.4 Å². The second-order valence-electron chi connectivity index (χ2n) is 6.35. The van der Waals surface area contributed by atoms with Gasteiger partial charge in [0.1, 0.15) is 0 Å². The first-order valence-corrected chi connectivity index (χ1v) is 9.13. The quantitative estimate of drug-likeness (QED) is 0.812. The van der Waals surface area contributed by atoms with Crippen LogP contribution in [-0.2, 0) is 16.0 Å². The molecular formula is C21H26N2O4. The summed E-state index contributed by atoms with van der Waals surface area (Å²) < 4.78 is 16.0. The second kappa shape index (κ2) is 9.28. The third kappa shape index (κ3) is 4.92. The van der Waals surface area contributed by atoms with Crippen molar-refractivity contribution in [1.29, 1.82) is 0 Å². The Morgan fingerprint density at radius 1 is 1.07 bits per heavy atom. The number of para-hydroxylation sites is 2. The van der Waals surface area contributed by atoms with E-state index in [0.29, 0.717) is 37.6 Å². The van der Waals surface area contributed by atoms with Crippen LogP contribution in [0.25, 0.3) is 0 Å². The molecule has 1 N–H and O–H groups in total. The van der Waals surface area contributed by atoms with Gasteiger partial charge in [0.25, 0.3) is 0 Å². The SMILES string of the molecule is COc1ccc(CCC(=O)Nc2ccccc2N2CCOCC2)cc1OC. The molecule has 0 aliphatic carbocycles. The van der Waals surface area contributed by atoms with E-state index in [1.807, 2.05) is 42.5 Å². The number of morpholine rings is 1. The molecule has 0 saturated carbocycles. The molecule has 6 heteroatoms. The van der Waals surface area contributed by atoms with Crippen molar-refractivity contribution < 1.29 is 19.0 Å². The lowest BCUT2D eigenvalue weighted by Gasteiger charge is -2.30. The van der Waals surface area contributed by atoms with Crippen LogP contribution in [0.2, 0.25) is 0 Å². The summed E-state index contributed by atoms with van der Waals surface area (Å²) in [6, 6.07) is 13.6. The summed E-state index contributed by atoms with van der Waals surface area (Å²) in [5.74, 6) is 1.35. The molecule has 0 radical (unpaired) electrons. The average molecular weight is 370 g/mol. The minimum atomic E-state index is -0.00880. The molecule has 2 aromatic carbocycles. The lowest BCUT2D eigenvalue weighted by molar-refractivity contribution is -0.116. The highest BCUT2D eigenvalue weighted by molar-refractivity contribution is 5.94. The average Bonchev–Trinajstić information content (AvgIpc) is 2.73. The summed E-state index contributed by atoms with van der Waals surface area (Å²) in [5, 5.41) is 3.05. The maximum atomic E-state index is 12.5. The molecule has 0 aromatic heterocycles. The number of carbonyl (C=O) groups excluding carboxylic acids is 1. The number of methoxy groups -OCH3 is 2. The standard InChI is InChI=1S/C21H26N2O4/c1-25-19-9-7-16(15-20(19)26-2)8-10-21(24)22-17-5-3-4-6-18(17)23-11-13-27-14-12-23/h3-7,9,15H,8,10-14H2,1-2H3,(H,22,24). The van der Waals surface area contributed by atoms with E-state index in [-0.39, 0.29) is 5.91 Å². The molecule has 0 spiro atoms. The summed E-state index contributed by atoms with van der Waals surface area (Å²) in [5.41, 5.74) is 2.92. The minimum Gasteiger partial charge on any atom is -0.493 e. The zero-order valence-electron chi connectivity index (χ0n) is 15.9. The minimum absolute atomic E-state index is 0.00880. The van der Waals surface area contributed by atoms with Gasteiger partial charge in [-0.3, -0.25) is 4.79 Å². The van der Waals surface area contributed by atoms with Gasteiger partial charge >= 0.3 is 0 Å². The van der Waals surface area contributed by atoms with Crippen LogP contribution in [0.15, 0.2) is 42.5 Å². The van der Waals surface area contributed by atoms with Gasteiger partial charge in [0.2, 0.25) is 5.91 Å². The highest BCUT2D eigenvalue weighted by Crippen LogP contribution is 2.29. The van der Waals surface area contributed by atoms with Crippen molar-refractivity contribution in [2.75, 3.05) is 50.7 Å². The van der Waals surface area contributed by atoms with Gasteiger partial charge in [-0.05, 0) is 36.2 Å². The van der Waals surface area contributed by atoms with Crippen LogP contribution in [0.5, 0.6) is 11.5 Å². The van der Waals surface area contributed by atoms with Crippen molar-refractivity contribution in [3.8, 4) is 11.5 Å². The number of hydrogen-bond acceptors (Lipinski definition) is 5. The molecule has 144 valence electrons. The monoisotopic (exact) mass is 370 g/mol. The Morgan fingerprint density at radius 2 is 1.81 bits per heavy atom. The highest BCUT2D eigenvalue weighted by atomic mass is 16.5. The number of ether oxygens (including phenoxy) is 3. The molecule has 1 saturated heterocycles. The number of amides is 1. The van der Waals surface area contributed by atoms with Crippen molar-refractivity contribution in [2.45, 2.75) is 12.8 Å². The van der Waals surface area contributed by atoms with Crippen LogP contribution in [0.1, 0.15) is 12.0 Å². The normalized spacial score (nSPS) is 13.9. The number of benzene rings is 2. The Morgan fingerprint density at radius 3 is 2.56 bits per heavy atom. The molecule has 1 amide bonds. The zero-order valence-corrected chi connectivity index (χ0v) is 15.9. The maximum absolute atomic E-state index is 12.5. The number of nitrogens with zero attached hydrogens (tertiary/aromatic N) is 1. The molecule has 1 fully saturated rings. The van der Waals surface area contributed by atoms with Crippen molar-refractivity contribution >= 4 is 17.3 Å². The number of rotatable bonds is 7. The Balaban J connectivity index is 1.61. The van der Waals surface area contributed by atoms with Gasteiger partial charge in [-0.1, -0.05) is 18.2 Å². The fourth-order valence-corrected chi connectivity index (χ4v) is 3.17. The van der Waals surface area contributed by atoms with Crippen LogP contribution in [0.4, 0.5) is 11.4 Å². The van der Waals surface area contributed by atoms with E-state index >= 15 is 0 Å². The van der Waals surface area contributed by atoms with Crippen molar-refractivity contribution in [1.82, 2.24) is 0 Å². The predicted molar refractivity (Wildman–Crippen MR) is 106 cm³/mol. The molecule has 0 atom stereocenters. The third-order valence-corrected chi connectivity index (χ3v) is 4.62. The number of nitrogens with one attached hydrogen (secondary N) is 1. The first-order valence-electron chi connectivity index (χ1n) is 9.13. The summed E-state index contributed by atoms with van der Waals surface area (Å²) in [4.78, 5) is 14.7. The van der Waals surface area contributed by atoms with Gasteiger partial charge in [0.05, 0.1) is 38.8 Å². The fraction of sp³-hybridized carbons (Fsp3) is 0.381. The lowest BCUT2D eigenvalue weighted by Crippen LogP contribution is -2.36.